The summed E-state index contributed by atoms with van der Waals surface area (Å²) < 4.78 is 20.1. The van der Waals surface area contributed by atoms with E-state index in [0.29, 0.717) is 15.4 Å². The number of hydrogen-bond acceptors (Lipinski definition) is 3. The van der Waals surface area contributed by atoms with Gasteiger partial charge >= 0.3 is 5.63 Å². The maximum absolute atomic E-state index is 13.6. The molecule has 0 saturated heterocycles. The number of halogens is 3. The van der Waals surface area contributed by atoms with Crippen molar-refractivity contribution in [3.05, 3.63) is 73.2 Å². The van der Waals surface area contributed by atoms with Crippen molar-refractivity contribution in [3.8, 4) is 0 Å². The van der Waals surface area contributed by atoms with Crippen molar-refractivity contribution in [1.82, 2.24) is 0 Å². The third kappa shape index (κ3) is 3.20. The van der Waals surface area contributed by atoms with E-state index in [1.165, 1.54) is 24.3 Å². The molecule has 0 bridgehead atoms. The zero-order valence-corrected chi connectivity index (χ0v) is 14.6. The second kappa shape index (κ2) is 6.25. The van der Waals surface area contributed by atoms with Gasteiger partial charge in [0, 0.05) is 9.86 Å². The molecule has 23 heavy (non-hydrogen) atoms. The van der Waals surface area contributed by atoms with Crippen molar-refractivity contribution in [3.63, 3.8) is 0 Å². The van der Waals surface area contributed by atoms with E-state index in [-0.39, 0.29) is 11.3 Å². The molecule has 0 radical (unpaired) electrons. The number of benzene rings is 2. The molecule has 0 unspecified atom stereocenters. The lowest BCUT2D eigenvalue weighted by molar-refractivity contribution is 0.102. The molecule has 0 spiro atoms. The minimum Gasteiger partial charge on any atom is -0.421 e. The van der Waals surface area contributed by atoms with Gasteiger partial charge in [-0.05, 0) is 46.3 Å². The van der Waals surface area contributed by atoms with Crippen LogP contribution in [-0.4, -0.2) is 5.91 Å². The van der Waals surface area contributed by atoms with E-state index in [0.717, 1.165) is 4.47 Å². The molecule has 0 atom stereocenters. The van der Waals surface area contributed by atoms with Gasteiger partial charge in [-0.3, -0.25) is 4.79 Å². The molecule has 116 valence electrons. The Balaban J connectivity index is 2.06. The van der Waals surface area contributed by atoms with Gasteiger partial charge < -0.3 is 9.73 Å². The first kappa shape index (κ1) is 15.9. The van der Waals surface area contributed by atoms with Crippen molar-refractivity contribution < 1.29 is 13.6 Å². The molecule has 0 fully saturated rings. The number of amides is 1. The van der Waals surface area contributed by atoms with E-state index in [2.05, 4.69) is 37.2 Å². The van der Waals surface area contributed by atoms with Crippen molar-refractivity contribution in [2.75, 3.05) is 5.32 Å². The van der Waals surface area contributed by atoms with Crippen LogP contribution in [-0.2, 0) is 0 Å². The number of para-hydroxylation sites is 1. The fraction of sp³-hybridized carbons (Fsp3) is 0. The Kier molecular flexibility index (Phi) is 4.32. The third-order valence-electron chi connectivity index (χ3n) is 3.12. The largest absolute Gasteiger partial charge is 0.421 e. The summed E-state index contributed by atoms with van der Waals surface area (Å²) in [5.74, 6) is -1.32. The summed E-state index contributed by atoms with van der Waals surface area (Å²) in [5.41, 5.74) is -0.673. The van der Waals surface area contributed by atoms with Gasteiger partial charge in [-0.25, -0.2) is 9.18 Å². The molecule has 1 amide bonds. The lowest BCUT2D eigenvalue weighted by atomic mass is 10.1. The maximum Gasteiger partial charge on any atom is 0.349 e. The molecule has 3 rings (SSSR count). The number of fused-ring (bicyclic) bond motifs is 1. The first-order valence-electron chi connectivity index (χ1n) is 6.44. The number of rotatable bonds is 2. The van der Waals surface area contributed by atoms with Crippen molar-refractivity contribution in [2.24, 2.45) is 0 Å². The standard InChI is InChI=1S/C16H8Br2FNO3/c17-9-5-8-6-10(16(22)23-14(8)11(18)7-9)15(21)20-13-4-2-1-3-12(13)19/h1-7H,(H,20,21). The summed E-state index contributed by atoms with van der Waals surface area (Å²) >= 11 is 6.62. The highest BCUT2D eigenvalue weighted by Crippen LogP contribution is 2.28. The van der Waals surface area contributed by atoms with E-state index in [1.807, 2.05) is 0 Å². The average molecular weight is 441 g/mol. The van der Waals surface area contributed by atoms with E-state index < -0.39 is 17.3 Å². The molecule has 2 aromatic carbocycles. The highest BCUT2D eigenvalue weighted by atomic mass is 79.9. The van der Waals surface area contributed by atoms with Crippen LogP contribution < -0.4 is 10.9 Å². The number of anilines is 1. The van der Waals surface area contributed by atoms with E-state index in [1.54, 1.807) is 18.2 Å². The van der Waals surface area contributed by atoms with Crippen LogP contribution in [0.5, 0.6) is 0 Å². The fourth-order valence-corrected chi connectivity index (χ4v) is 3.41. The van der Waals surface area contributed by atoms with Gasteiger partial charge in [-0.15, -0.1) is 0 Å². The third-order valence-corrected chi connectivity index (χ3v) is 4.17. The predicted molar refractivity (Wildman–Crippen MR) is 92.2 cm³/mol. The summed E-state index contributed by atoms with van der Waals surface area (Å²) in [6.07, 6.45) is 0. The van der Waals surface area contributed by atoms with E-state index in [9.17, 15) is 14.0 Å². The Morgan fingerprint density at radius 1 is 1.13 bits per heavy atom. The second-order valence-corrected chi connectivity index (χ2v) is 6.46. The highest BCUT2D eigenvalue weighted by molar-refractivity contribution is 9.11. The van der Waals surface area contributed by atoms with Crippen molar-refractivity contribution in [2.45, 2.75) is 0 Å². The molecule has 3 aromatic rings. The molecule has 4 nitrogen and oxygen atoms in total. The first-order chi connectivity index (χ1) is 11.0. The smallest absolute Gasteiger partial charge is 0.349 e. The number of hydrogen-bond donors (Lipinski definition) is 1. The average Bonchev–Trinajstić information content (AvgIpc) is 2.49. The number of nitrogens with one attached hydrogen (secondary N) is 1. The summed E-state index contributed by atoms with van der Waals surface area (Å²) in [6.45, 7) is 0. The van der Waals surface area contributed by atoms with Crippen molar-refractivity contribution >= 4 is 54.4 Å². The summed E-state index contributed by atoms with van der Waals surface area (Å²) in [6, 6.07) is 10.6. The molecule has 0 aliphatic heterocycles. The van der Waals surface area contributed by atoms with Crippen LogP contribution in [0, 0.1) is 5.82 Å². The van der Waals surface area contributed by atoms with Crippen LogP contribution >= 0.6 is 31.9 Å². The normalized spacial score (nSPS) is 10.7. The van der Waals surface area contributed by atoms with Gasteiger partial charge in [0.2, 0.25) is 0 Å². The lowest BCUT2D eigenvalue weighted by Crippen LogP contribution is -2.21. The number of carbonyl (C=O) groups is 1. The molecule has 1 aromatic heterocycles. The molecular formula is C16H8Br2FNO3. The van der Waals surface area contributed by atoms with Gasteiger partial charge in [-0.1, -0.05) is 28.1 Å². The minimum absolute atomic E-state index is 0.00702. The zero-order valence-electron chi connectivity index (χ0n) is 11.4. The molecule has 1 N–H and O–H groups in total. The topological polar surface area (TPSA) is 59.3 Å². The van der Waals surface area contributed by atoms with Crippen LogP contribution in [0.4, 0.5) is 10.1 Å². The van der Waals surface area contributed by atoms with Crippen LogP contribution in [0.15, 0.2) is 60.6 Å². The highest BCUT2D eigenvalue weighted by Gasteiger charge is 2.16. The monoisotopic (exact) mass is 439 g/mol. The van der Waals surface area contributed by atoms with Gasteiger partial charge in [0.15, 0.2) is 5.58 Å². The van der Waals surface area contributed by atoms with Crippen LogP contribution in [0.2, 0.25) is 0 Å². The molecule has 1 heterocycles. The molecular weight excluding hydrogens is 433 g/mol. The molecule has 7 heteroatoms. The van der Waals surface area contributed by atoms with E-state index >= 15 is 0 Å². The maximum atomic E-state index is 13.6. The molecule has 0 saturated carbocycles. The lowest BCUT2D eigenvalue weighted by Gasteiger charge is -2.07. The van der Waals surface area contributed by atoms with Gasteiger partial charge in [0.05, 0.1) is 10.2 Å². The first-order valence-corrected chi connectivity index (χ1v) is 8.03. The summed E-state index contributed by atoms with van der Waals surface area (Å²) in [5, 5.41) is 2.92. The second-order valence-electron chi connectivity index (χ2n) is 4.69. The zero-order chi connectivity index (χ0) is 16.6. The minimum atomic E-state index is -0.797. The quantitative estimate of drug-likeness (QED) is 0.587. The predicted octanol–water partition coefficient (Wildman–Crippen LogP) is 4.71. The Morgan fingerprint density at radius 2 is 1.87 bits per heavy atom. The van der Waals surface area contributed by atoms with Gasteiger partial charge in [-0.2, -0.15) is 0 Å². The SMILES string of the molecule is O=C(Nc1ccccc1F)c1cc2cc(Br)cc(Br)c2oc1=O. The Morgan fingerprint density at radius 3 is 2.61 bits per heavy atom. The van der Waals surface area contributed by atoms with Crippen LogP contribution in [0.3, 0.4) is 0 Å². The summed E-state index contributed by atoms with van der Waals surface area (Å²) in [4.78, 5) is 24.3. The Hall–Kier alpha value is -1.99. The molecule has 0 aliphatic rings. The van der Waals surface area contributed by atoms with Crippen molar-refractivity contribution in [1.29, 1.82) is 0 Å². The summed E-state index contributed by atoms with van der Waals surface area (Å²) in [7, 11) is 0. The number of carbonyl (C=O) groups excluding carboxylic acids is 1. The fourth-order valence-electron chi connectivity index (χ4n) is 2.07. The van der Waals surface area contributed by atoms with Gasteiger partial charge in [0.1, 0.15) is 11.4 Å². The van der Waals surface area contributed by atoms with E-state index in [4.69, 9.17) is 4.42 Å². The van der Waals surface area contributed by atoms with Gasteiger partial charge in [0.25, 0.3) is 5.91 Å². The Labute approximate surface area is 146 Å². The van der Waals surface area contributed by atoms with Crippen LogP contribution in [0.25, 0.3) is 11.0 Å². The van der Waals surface area contributed by atoms with Crippen LogP contribution in [0.1, 0.15) is 10.4 Å². The molecule has 0 aliphatic carbocycles. The Bertz CT molecular complexity index is 985.